The maximum atomic E-state index is 13.0. The second-order valence-electron chi connectivity index (χ2n) is 5.98. The maximum absolute atomic E-state index is 13.0. The van der Waals surface area contributed by atoms with E-state index in [4.69, 9.17) is 4.42 Å². The van der Waals surface area contributed by atoms with E-state index in [0.29, 0.717) is 42.8 Å². The molecule has 0 bridgehead atoms. The summed E-state index contributed by atoms with van der Waals surface area (Å²) >= 11 is 0. The Morgan fingerprint density at radius 3 is 2.48 bits per heavy atom. The molecule has 7 heteroatoms. The van der Waals surface area contributed by atoms with Gasteiger partial charge >= 0.3 is 5.76 Å². The molecule has 0 saturated carbocycles. The minimum Gasteiger partial charge on any atom is -0.408 e. The number of aromatic nitrogens is 1. The minimum absolute atomic E-state index is 0.0931. The molecule has 1 fully saturated rings. The molecule has 0 atom stereocenters. The van der Waals surface area contributed by atoms with Gasteiger partial charge in [0.25, 0.3) is 5.91 Å². The second-order valence-corrected chi connectivity index (χ2v) is 5.98. The average molecular weight is 341 g/mol. The Balaban J connectivity index is 1.46. The summed E-state index contributed by atoms with van der Waals surface area (Å²) in [6.07, 6.45) is 0. The van der Waals surface area contributed by atoms with E-state index in [1.54, 1.807) is 35.2 Å². The number of H-pyrrole nitrogens is 1. The summed E-state index contributed by atoms with van der Waals surface area (Å²) in [5, 5.41) is 0. The number of halogens is 1. The van der Waals surface area contributed by atoms with E-state index >= 15 is 0 Å². The lowest BCUT2D eigenvalue weighted by atomic mass is 10.1. The summed E-state index contributed by atoms with van der Waals surface area (Å²) in [6.45, 7) is 2.51. The topological polar surface area (TPSA) is 69.5 Å². The van der Waals surface area contributed by atoms with Gasteiger partial charge in [-0.25, -0.2) is 9.18 Å². The van der Waals surface area contributed by atoms with Crippen LogP contribution in [0.1, 0.15) is 10.4 Å². The standard InChI is InChI=1S/C18H16FN3O3/c19-13-2-4-14(5-3-13)21-7-9-22(10-8-21)17(23)12-1-6-15-16(11-12)25-18(24)20-15/h1-6,11H,7-10H2,(H,20,24). The van der Waals surface area contributed by atoms with Crippen LogP contribution in [-0.4, -0.2) is 42.0 Å². The zero-order valence-electron chi connectivity index (χ0n) is 13.4. The van der Waals surface area contributed by atoms with Crippen LogP contribution in [0.15, 0.2) is 51.7 Å². The van der Waals surface area contributed by atoms with Crippen LogP contribution in [0.25, 0.3) is 11.1 Å². The van der Waals surface area contributed by atoms with Gasteiger partial charge in [0.1, 0.15) is 5.82 Å². The van der Waals surface area contributed by atoms with Gasteiger partial charge < -0.3 is 14.2 Å². The Kier molecular flexibility index (Phi) is 3.76. The predicted octanol–water partition coefficient (Wildman–Crippen LogP) is 2.22. The number of nitrogens with one attached hydrogen (secondary N) is 1. The fourth-order valence-corrected chi connectivity index (χ4v) is 3.08. The number of piperazine rings is 1. The van der Waals surface area contributed by atoms with Crippen molar-refractivity contribution in [2.45, 2.75) is 0 Å². The van der Waals surface area contributed by atoms with E-state index in [1.165, 1.54) is 12.1 Å². The summed E-state index contributed by atoms with van der Waals surface area (Å²) in [5.74, 6) is -0.888. The molecule has 6 nitrogen and oxygen atoms in total. The first-order valence-corrected chi connectivity index (χ1v) is 8.03. The molecule has 1 aromatic heterocycles. The number of oxazole rings is 1. The number of nitrogens with zero attached hydrogens (tertiary/aromatic N) is 2. The van der Waals surface area contributed by atoms with Gasteiger partial charge in [-0.15, -0.1) is 0 Å². The van der Waals surface area contributed by atoms with E-state index in [9.17, 15) is 14.0 Å². The molecule has 2 heterocycles. The molecule has 1 aliphatic heterocycles. The Labute approximate surface area is 142 Å². The van der Waals surface area contributed by atoms with Crippen molar-refractivity contribution < 1.29 is 13.6 Å². The van der Waals surface area contributed by atoms with Gasteiger partial charge in [0.15, 0.2) is 5.58 Å². The van der Waals surface area contributed by atoms with Crippen LogP contribution in [-0.2, 0) is 0 Å². The first-order chi connectivity index (χ1) is 12.1. The normalized spacial score (nSPS) is 14.9. The van der Waals surface area contributed by atoms with Crippen LogP contribution in [0.4, 0.5) is 10.1 Å². The average Bonchev–Trinajstić information content (AvgIpc) is 3.01. The van der Waals surface area contributed by atoms with Crippen LogP contribution in [0.3, 0.4) is 0 Å². The zero-order valence-corrected chi connectivity index (χ0v) is 13.4. The SMILES string of the molecule is O=C(c1ccc2[nH]c(=O)oc2c1)N1CCN(c2ccc(F)cc2)CC1. The number of rotatable bonds is 2. The largest absolute Gasteiger partial charge is 0.417 e. The fraction of sp³-hybridized carbons (Fsp3) is 0.222. The first kappa shape index (κ1) is 15.4. The van der Waals surface area contributed by atoms with E-state index in [1.807, 2.05) is 0 Å². The van der Waals surface area contributed by atoms with Crippen LogP contribution in [0.5, 0.6) is 0 Å². The van der Waals surface area contributed by atoms with Crippen LogP contribution in [0, 0.1) is 5.82 Å². The van der Waals surface area contributed by atoms with Crippen molar-refractivity contribution in [3.63, 3.8) is 0 Å². The third-order valence-electron chi connectivity index (χ3n) is 4.43. The lowest BCUT2D eigenvalue weighted by Crippen LogP contribution is -2.48. The molecule has 1 N–H and O–H groups in total. The molecule has 0 radical (unpaired) electrons. The molecule has 1 saturated heterocycles. The Bertz CT molecular complexity index is 969. The van der Waals surface area contributed by atoms with Gasteiger partial charge in [0.05, 0.1) is 5.52 Å². The highest BCUT2D eigenvalue weighted by atomic mass is 19.1. The number of carbonyl (C=O) groups excluding carboxylic acids is 1. The van der Waals surface area contributed by atoms with Gasteiger partial charge in [-0.3, -0.25) is 9.78 Å². The molecule has 4 rings (SSSR count). The number of carbonyl (C=O) groups is 1. The summed E-state index contributed by atoms with van der Waals surface area (Å²) in [4.78, 5) is 30.3. The van der Waals surface area contributed by atoms with Crippen LogP contribution in [0.2, 0.25) is 0 Å². The van der Waals surface area contributed by atoms with E-state index in [2.05, 4.69) is 9.88 Å². The molecule has 128 valence electrons. The highest BCUT2D eigenvalue weighted by molar-refractivity contribution is 5.97. The predicted molar refractivity (Wildman–Crippen MR) is 91.4 cm³/mol. The monoisotopic (exact) mass is 341 g/mol. The summed E-state index contributed by atoms with van der Waals surface area (Å²) in [7, 11) is 0. The Hall–Kier alpha value is -3.09. The lowest BCUT2D eigenvalue weighted by molar-refractivity contribution is 0.0747. The molecular formula is C18H16FN3O3. The molecule has 1 amide bonds. The van der Waals surface area contributed by atoms with Gasteiger partial charge in [-0.05, 0) is 42.5 Å². The molecule has 0 aliphatic carbocycles. The number of hydrogen-bond donors (Lipinski definition) is 1. The van der Waals surface area contributed by atoms with Crippen molar-refractivity contribution in [1.29, 1.82) is 0 Å². The highest BCUT2D eigenvalue weighted by Crippen LogP contribution is 2.19. The lowest BCUT2D eigenvalue weighted by Gasteiger charge is -2.36. The summed E-state index contributed by atoms with van der Waals surface area (Å²) in [5.41, 5.74) is 2.39. The maximum Gasteiger partial charge on any atom is 0.417 e. The van der Waals surface area contributed by atoms with Crippen molar-refractivity contribution in [3.05, 3.63) is 64.4 Å². The van der Waals surface area contributed by atoms with E-state index < -0.39 is 5.76 Å². The number of anilines is 1. The molecule has 25 heavy (non-hydrogen) atoms. The molecule has 0 unspecified atom stereocenters. The van der Waals surface area contributed by atoms with Gasteiger partial charge in [0.2, 0.25) is 0 Å². The van der Waals surface area contributed by atoms with E-state index in [-0.39, 0.29) is 11.7 Å². The number of fused-ring (bicyclic) bond motifs is 1. The van der Waals surface area contributed by atoms with Crippen molar-refractivity contribution in [1.82, 2.24) is 9.88 Å². The van der Waals surface area contributed by atoms with E-state index in [0.717, 1.165) is 5.69 Å². The smallest absolute Gasteiger partial charge is 0.408 e. The van der Waals surface area contributed by atoms with Crippen molar-refractivity contribution in [3.8, 4) is 0 Å². The molecule has 1 aliphatic rings. The molecule has 0 spiro atoms. The van der Waals surface area contributed by atoms with Crippen molar-refractivity contribution in [2.75, 3.05) is 31.1 Å². The minimum atomic E-state index is -0.535. The number of hydrogen-bond acceptors (Lipinski definition) is 4. The van der Waals surface area contributed by atoms with Crippen molar-refractivity contribution in [2.24, 2.45) is 0 Å². The number of amides is 1. The first-order valence-electron chi connectivity index (χ1n) is 8.03. The molecule has 3 aromatic rings. The van der Waals surface area contributed by atoms with Crippen molar-refractivity contribution >= 4 is 22.7 Å². The third-order valence-corrected chi connectivity index (χ3v) is 4.43. The Morgan fingerprint density at radius 2 is 1.76 bits per heavy atom. The summed E-state index contributed by atoms with van der Waals surface area (Å²) in [6, 6.07) is 11.3. The zero-order chi connectivity index (χ0) is 17.4. The number of aromatic amines is 1. The van der Waals surface area contributed by atoms with Crippen LogP contribution >= 0.6 is 0 Å². The fourth-order valence-electron chi connectivity index (χ4n) is 3.08. The van der Waals surface area contributed by atoms with Gasteiger partial charge in [-0.2, -0.15) is 0 Å². The third kappa shape index (κ3) is 3.00. The second kappa shape index (κ2) is 6.08. The van der Waals surface area contributed by atoms with Crippen LogP contribution < -0.4 is 10.7 Å². The quantitative estimate of drug-likeness (QED) is 0.776. The van der Waals surface area contributed by atoms with Gasteiger partial charge in [0, 0.05) is 37.4 Å². The Morgan fingerprint density at radius 1 is 1.04 bits per heavy atom. The number of benzene rings is 2. The molecule has 2 aromatic carbocycles. The van der Waals surface area contributed by atoms with Gasteiger partial charge in [-0.1, -0.05) is 0 Å². The highest BCUT2D eigenvalue weighted by Gasteiger charge is 2.23. The molecular weight excluding hydrogens is 325 g/mol. The summed E-state index contributed by atoms with van der Waals surface area (Å²) < 4.78 is 18.0.